The van der Waals surface area contributed by atoms with Crippen molar-refractivity contribution in [1.29, 1.82) is 0 Å². The minimum atomic E-state index is -3.47. The lowest BCUT2D eigenvalue weighted by atomic mass is 10.3. The first-order chi connectivity index (χ1) is 8.36. The molecule has 0 aliphatic carbocycles. The van der Waals surface area contributed by atoms with Gasteiger partial charge >= 0.3 is 4.87 Å². The van der Waals surface area contributed by atoms with Crippen molar-refractivity contribution in [3.05, 3.63) is 27.9 Å². The number of hydrogen-bond acceptors (Lipinski definition) is 4. The molecule has 0 radical (unpaired) electrons. The molecule has 0 aliphatic heterocycles. The fraction of sp³-hybridized carbons (Fsp3) is 0.364. The molecule has 7 heteroatoms. The van der Waals surface area contributed by atoms with E-state index in [9.17, 15) is 13.2 Å². The van der Waals surface area contributed by atoms with Crippen molar-refractivity contribution in [3.63, 3.8) is 0 Å². The molecule has 1 heterocycles. The first kappa shape index (κ1) is 13.3. The third kappa shape index (κ3) is 2.09. The number of nitrogens with one attached hydrogen (secondary N) is 1. The smallest absolute Gasteiger partial charge is 0.296 e. The molecule has 0 spiro atoms. The first-order valence-electron chi connectivity index (χ1n) is 5.45. The van der Waals surface area contributed by atoms with E-state index in [2.05, 4.69) is 4.72 Å². The molecule has 18 heavy (non-hydrogen) atoms. The van der Waals surface area contributed by atoms with Crippen LogP contribution in [0.15, 0.2) is 27.9 Å². The minimum absolute atomic E-state index is 0.0537. The van der Waals surface area contributed by atoms with Crippen molar-refractivity contribution < 1.29 is 8.42 Å². The Hall–Kier alpha value is -1.18. The Kier molecular flexibility index (Phi) is 3.31. The van der Waals surface area contributed by atoms with Crippen molar-refractivity contribution in [1.82, 2.24) is 9.29 Å². The molecule has 0 saturated heterocycles. The average Bonchev–Trinajstić information content (AvgIpc) is 2.63. The van der Waals surface area contributed by atoms with Gasteiger partial charge in [0.1, 0.15) is 0 Å². The number of aromatic nitrogens is 1. The molecular formula is C11H14N2O3S2. The second-order valence-electron chi connectivity index (χ2n) is 4.17. The van der Waals surface area contributed by atoms with E-state index in [1.807, 2.05) is 13.8 Å². The van der Waals surface area contributed by atoms with Crippen LogP contribution in [0.5, 0.6) is 0 Å². The van der Waals surface area contributed by atoms with Crippen LogP contribution >= 0.6 is 11.3 Å². The number of fused-ring (bicyclic) bond motifs is 1. The molecule has 0 fully saturated rings. The summed E-state index contributed by atoms with van der Waals surface area (Å²) < 4.78 is 28.0. The number of hydrogen-bond donors (Lipinski definition) is 1. The normalized spacial score (nSPS) is 12.4. The average molecular weight is 286 g/mol. The van der Waals surface area contributed by atoms with Crippen molar-refractivity contribution in [2.24, 2.45) is 0 Å². The zero-order valence-corrected chi connectivity index (χ0v) is 11.9. The van der Waals surface area contributed by atoms with Gasteiger partial charge in [0.15, 0.2) is 0 Å². The standard InChI is InChI=1S/C11H14N2O3S2/c1-7(2)13-9-5-4-8(18(15,16)12-3)6-10(9)17-11(13)14/h4-7,12H,1-3H3. The maximum atomic E-state index is 11.8. The van der Waals surface area contributed by atoms with Gasteiger partial charge in [0.25, 0.3) is 0 Å². The number of thiazole rings is 1. The van der Waals surface area contributed by atoms with Gasteiger partial charge in [0.05, 0.1) is 15.1 Å². The van der Waals surface area contributed by atoms with Crippen LogP contribution in [0.25, 0.3) is 10.2 Å². The van der Waals surface area contributed by atoms with Crippen LogP contribution < -0.4 is 9.60 Å². The van der Waals surface area contributed by atoms with E-state index < -0.39 is 10.0 Å². The number of benzene rings is 1. The molecule has 0 amide bonds. The zero-order valence-electron chi connectivity index (χ0n) is 10.3. The fourth-order valence-corrected chi connectivity index (χ4v) is 3.67. The second kappa shape index (κ2) is 4.49. The molecule has 2 rings (SSSR count). The molecular weight excluding hydrogens is 272 g/mol. The second-order valence-corrected chi connectivity index (χ2v) is 7.05. The Balaban J connectivity index is 2.73. The maximum Gasteiger partial charge on any atom is 0.308 e. The van der Waals surface area contributed by atoms with Crippen LogP contribution in [-0.2, 0) is 10.0 Å². The molecule has 0 aliphatic rings. The maximum absolute atomic E-state index is 11.8. The Labute approximate surface area is 109 Å². The van der Waals surface area contributed by atoms with E-state index in [0.717, 1.165) is 16.9 Å². The summed E-state index contributed by atoms with van der Waals surface area (Å²) in [5.74, 6) is 0. The van der Waals surface area contributed by atoms with E-state index in [1.54, 1.807) is 10.6 Å². The molecule has 1 aromatic heterocycles. The summed E-state index contributed by atoms with van der Waals surface area (Å²) in [5, 5.41) is 0. The molecule has 0 unspecified atom stereocenters. The molecule has 0 bridgehead atoms. The molecule has 2 aromatic rings. The van der Waals surface area contributed by atoms with E-state index >= 15 is 0 Å². The van der Waals surface area contributed by atoms with E-state index in [0.29, 0.717) is 4.70 Å². The van der Waals surface area contributed by atoms with Gasteiger partial charge in [-0.15, -0.1) is 0 Å². The van der Waals surface area contributed by atoms with Crippen LogP contribution in [0, 0.1) is 0 Å². The quantitative estimate of drug-likeness (QED) is 0.931. The zero-order chi connectivity index (χ0) is 13.5. The number of sulfonamides is 1. The summed E-state index contributed by atoms with van der Waals surface area (Å²) in [6.45, 7) is 3.84. The van der Waals surface area contributed by atoms with Crippen LogP contribution in [0.2, 0.25) is 0 Å². The summed E-state index contributed by atoms with van der Waals surface area (Å²) in [6, 6.07) is 4.78. The van der Waals surface area contributed by atoms with Gasteiger partial charge in [0, 0.05) is 6.04 Å². The van der Waals surface area contributed by atoms with Gasteiger partial charge < -0.3 is 0 Å². The lowest BCUT2D eigenvalue weighted by Crippen LogP contribution is -2.18. The Bertz CT molecular complexity index is 741. The van der Waals surface area contributed by atoms with Crippen molar-refractivity contribution in [2.45, 2.75) is 24.8 Å². The van der Waals surface area contributed by atoms with E-state index in [-0.39, 0.29) is 15.8 Å². The largest absolute Gasteiger partial charge is 0.308 e. The van der Waals surface area contributed by atoms with Crippen molar-refractivity contribution in [3.8, 4) is 0 Å². The fourth-order valence-electron chi connectivity index (χ4n) is 1.79. The topological polar surface area (TPSA) is 68.2 Å². The monoisotopic (exact) mass is 286 g/mol. The predicted molar refractivity (Wildman–Crippen MR) is 72.7 cm³/mol. The van der Waals surface area contributed by atoms with Gasteiger partial charge in [-0.2, -0.15) is 0 Å². The van der Waals surface area contributed by atoms with Gasteiger partial charge in [-0.25, -0.2) is 13.1 Å². The van der Waals surface area contributed by atoms with Crippen LogP contribution in [-0.4, -0.2) is 20.0 Å². The van der Waals surface area contributed by atoms with Crippen molar-refractivity contribution >= 4 is 31.6 Å². The highest BCUT2D eigenvalue weighted by atomic mass is 32.2. The summed E-state index contributed by atoms with van der Waals surface area (Å²) in [6.07, 6.45) is 0. The summed E-state index contributed by atoms with van der Waals surface area (Å²) in [7, 11) is -2.11. The number of rotatable bonds is 3. The van der Waals surface area contributed by atoms with Gasteiger partial charge in [-0.05, 0) is 39.1 Å². The molecule has 0 atom stereocenters. The Morgan fingerprint density at radius 3 is 2.56 bits per heavy atom. The Morgan fingerprint density at radius 2 is 2.00 bits per heavy atom. The highest BCUT2D eigenvalue weighted by Crippen LogP contribution is 2.23. The highest BCUT2D eigenvalue weighted by molar-refractivity contribution is 7.89. The summed E-state index contributed by atoms with van der Waals surface area (Å²) >= 11 is 1.06. The third-order valence-electron chi connectivity index (χ3n) is 2.68. The van der Waals surface area contributed by atoms with E-state index in [4.69, 9.17) is 0 Å². The Morgan fingerprint density at radius 1 is 1.33 bits per heavy atom. The first-order valence-corrected chi connectivity index (χ1v) is 7.75. The van der Waals surface area contributed by atoms with Gasteiger partial charge in [-0.1, -0.05) is 11.3 Å². The van der Waals surface area contributed by atoms with Crippen LogP contribution in [0.3, 0.4) is 0 Å². The molecule has 1 aromatic carbocycles. The predicted octanol–water partition coefficient (Wildman–Crippen LogP) is 1.55. The molecule has 5 nitrogen and oxygen atoms in total. The lowest BCUT2D eigenvalue weighted by Gasteiger charge is -2.07. The molecule has 0 saturated carbocycles. The van der Waals surface area contributed by atoms with Gasteiger partial charge in [-0.3, -0.25) is 9.36 Å². The summed E-state index contributed by atoms with van der Waals surface area (Å²) in [5.41, 5.74) is 0.773. The molecule has 1 N–H and O–H groups in total. The minimum Gasteiger partial charge on any atom is -0.296 e. The highest BCUT2D eigenvalue weighted by Gasteiger charge is 2.15. The lowest BCUT2D eigenvalue weighted by molar-refractivity contribution is 0.588. The number of nitrogens with zero attached hydrogens (tertiary/aromatic N) is 1. The third-order valence-corrected chi connectivity index (χ3v) is 5.01. The van der Waals surface area contributed by atoms with Crippen molar-refractivity contribution in [2.75, 3.05) is 7.05 Å². The SMILES string of the molecule is CNS(=O)(=O)c1ccc2c(c1)sc(=O)n2C(C)C. The molecule has 98 valence electrons. The van der Waals surface area contributed by atoms with E-state index in [1.165, 1.54) is 19.2 Å². The van der Waals surface area contributed by atoms with Crippen LogP contribution in [0.1, 0.15) is 19.9 Å². The van der Waals surface area contributed by atoms with Gasteiger partial charge in [0.2, 0.25) is 10.0 Å². The van der Waals surface area contributed by atoms with Crippen LogP contribution in [0.4, 0.5) is 0 Å². The summed E-state index contributed by atoms with van der Waals surface area (Å²) in [4.78, 5) is 11.9.